The van der Waals surface area contributed by atoms with E-state index in [0.717, 1.165) is 113 Å². The number of nitrogens with one attached hydrogen (secondary N) is 3. The van der Waals surface area contributed by atoms with E-state index in [1.807, 2.05) is 57.4 Å². The fourth-order valence-electron chi connectivity index (χ4n) is 10.0. The van der Waals surface area contributed by atoms with Crippen LogP contribution in [0.1, 0.15) is 109 Å². The smallest absolute Gasteiger partial charge is 0.277 e. The molecular formula is C54H76IN19O4S2. The first-order valence-corrected chi connectivity index (χ1v) is 32.2. The van der Waals surface area contributed by atoms with Gasteiger partial charge in [0.2, 0.25) is 11.9 Å². The maximum atomic E-state index is 11.8. The number of aromatic nitrogens is 10. The Hall–Kier alpha value is -6.01. The van der Waals surface area contributed by atoms with Crippen LogP contribution in [0.4, 0.5) is 23.5 Å². The fourth-order valence-corrected chi connectivity index (χ4v) is 10.7. The van der Waals surface area contributed by atoms with Gasteiger partial charge in [-0.05, 0) is 105 Å². The molecule has 2 saturated carbocycles. The summed E-state index contributed by atoms with van der Waals surface area (Å²) in [4.78, 5) is 35.6. The van der Waals surface area contributed by atoms with Gasteiger partial charge in [0, 0.05) is 87.6 Å². The molecule has 0 radical (unpaired) electrons. The number of pyridine rings is 2. The first-order chi connectivity index (χ1) is 38.0. The van der Waals surface area contributed by atoms with E-state index in [1.165, 1.54) is 28.1 Å². The summed E-state index contributed by atoms with van der Waals surface area (Å²) in [6.07, 6.45) is 14.3. The van der Waals surface area contributed by atoms with E-state index in [4.69, 9.17) is 40.1 Å². The standard InChI is InChI=1S/C26H33N9O2S.C26H32N8.CH3I.CH4.H4N2O2S/c1-3-17(2)35-24-22(16-29-35)30-26(33-10-12-34(13-11-33)38(27,36)37)32-25(24)31-23(18-8-9-18)20-14-19-6-4-5-7-21(19)28-15-20;1-3-17(2)34-24-22(16-29-34)30-26(33-12-10-27-11-13-33)32-25(24)31-23(18-8-9-18)20-14-19-6-4-5-7-21(19)28-15-20;1-2;;1-5(2,3)4/h4-7,14-18,23H,3,8-13H2,1-2H3,(H2,27,36,37)(H,30,31,32);4-7,14-18,23,27H,3,8-13H2,1-2H3,(H,30,31,32);1H3;1H4;(H4,1,2,3,4)/t2*17?,23-;;;/m11.../s1. The van der Waals surface area contributed by atoms with Crippen LogP contribution in [0.2, 0.25) is 0 Å². The van der Waals surface area contributed by atoms with Crippen molar-refractivity contribution in [3.8, 4) is 0 Å². The van der Waals surface area contributed by atoms with Gasteiger partial charge in [0.15, 0.2) is 11.6 Å². The molecule has 4 aliphatic rings. The van der Waals surface area contributed by atoms with Gasteiger partial charge in [-0.2, -0.15) is 41.3 Å². The average Bonchev–Trinajstić information content (AvgIpc) is 4.44. The van der Waals surface area contributed by atoms with Crippen LogP contribution in [-0.4, -0.2) is 128 Å². The van der Waals surface area contributed by atoms with E-state index in [9.17, 15) is 16.8 Å². The molecule has 2 saturated heterocycles. The normalized spacial score (nSPS) is 17.5. The third-order valence-corrected chi connectivity index (χ3v) is 16.0. The molecule has 8 heterocycles. The number of alkyl halides is 1. The average molecular weight is 1250 g/mol. The van der Waals surface area contributed by atoms with E-state index in [0.29, 0.717) is 44.0 Å². The number of anilines is 4. The molecule has 430 valence electrons. The second-order valence-electron chi connectivity index (χ2n) is 20.5. The minimum Gasteiger partial charge on any atom is -0.361 e. The van der Waals surface area contributed by atoms with Crippen molar-refractivity contribution >= 4 is 110 Å². The zero-order valence-electron chi connectivity index (χ0n) is 45.3. The van der Waals surface area contributed by atoms with Crippen LogP contribution in [0.5, 0.6) is 0 Å². The van der Waals surface area contributed by atoms with E-state index < -0.39 is 20.4 Å². The van der Waals surface area contributed by atoms with Crippen molar-refractivity contribution in [3.63, 3.8) is 0 Å². The summed E-state index contributed by atoms with van der Waals surface area (Å²) in [6, 6.07) is 21.6. The van der Waals surface area contributed by atoms with Crippen LogP contribution in [0.15, 0.2) is 85.5 Å². The Balaban J connectivity index is 0.000000187. The summed E-state index contributed by atoms with van der Waals surface area (Å²) in [6.45, 7) is 13.9. The van der Waals surface area contributed by atoms with E-state index >= 15 is 0 Å². The number of benzene rings is 2. The predicted octanol–water partition coefficient (Wildman–Crippen LogP) is 7.39. The van der Waals surface area contributed by atoms with Gasteiger partial charge in [-0.1, -0.05) is 80.3 Å². The Morgan fingerprint density at radius 3 is 1.39 bits per heavy atom. The van der Waals surface area contributed by atoms with Gasteiger partial charge < -0.3 is 25.8 Å². The molecule has 8 aromatic rings. The number of nitrogens with zero attached hydrogens (tertiary/aromatic N) is 13. The topological polar surface area (TPSA) is 305 Å². The molecule has 23 nitrogen and oxygen atoms in total. The number of rotatable bonds is 15. The largest absolute Gasteiger partial charge is 0.361 e. The summed E-state index contributed by atoms with van der Waals surface area (Å²) in [5.41, 5.74) is 7.89. The Morgan fingerprint density at radius 2 is 1.00 bits per heavy atom. The second kappa shape index (κ2) is 26.3. The van der Waals surface area contributed by atoms with E-state index in [-0.39, 0.29) is 31.6 Å². The molecule has 4 atom stereocenters. The number of para-hydroxylation sites is 2. The van der Waals surface area contributed by atoms with Gasteiger partial charge >= 0.3 is 0 Å². The maximum absolute atomic E-state index is 11.8. The second-order valence-corrected chi connectivity index (χ2v) is 23.2. The highest BCUT2D eigenvalue weighted by Crippen LogP contribution is 2.45. The molecule has 6 aromatic heterocycles. The number of hydrogen-bond acceptors (Lipinski definition) is 17. The Labute approximate surface area is 482 Å². The monoisotopic (exact) mass is 1250 g/mol. The predicted molar refractivity (Wildman–Crippen MR) is 328 cm³/mol. The van der Waals surface area contributed by atoms with E-state index in [1.54, 1.807) is 6.20 Å². The number of fused-ring (bicyclic) bond motifs is 4. The van der Waals surface area contributed by atoms with Crippen LogP contribution in [-0.2, 0) is 20.4 Å². The zero-order chi connectivity index (χ0) is 56.0. The molecular weight excluding hydrogens is 1170 g/mol. The molecule has 0 spiro atoms. The van der Waals surface area contributed by atoms with Crippen molar-refractivity contribution in [1.82, 2.24) is 59.1 Å². The number of halogens is 1. The summed E-state index contributed by atoms with van der Waals surface area (Å²) >= 11 is 2.15. The van der Waals surface area contributed by atoms with Crippen LogP contribution in [0.25, 0.3) is 43.9 Å². The SMILES string of the molecule is C.CCC(C)n1ncc2nc(N3CCN(S(N)(=O)=O)CC3)nc(N[C@@H](c3cnc4ccccc4c3)C3CC3)c21.CCC(C)n1ncc2nc(N3CCNCC3)nc(N[C@@H](c3cnc4ccccc4c3)C3CC3)c21.CI.NS(N)(=O)=O. The molecule has 12 rings (SSSR count). The van der Waals surface area contributed by atoms with Gasteiger partial charge in [-0.15, -0.1) is 0 Å². The fraction of sp³-hybridized carbons (Fsp3) is 0.481. The molecule has 4 fully saturated rings. The Bertz CT molecular complexity index is 3600. The third kappa shape index (κ3) is 14.5. The van der Waals surface area contributed by atoms with Crippen LogP contribution < -0.4 is 41.2 Å². The van der Waals surface area contributed by atoms with Gasteiger partial charge in [-0.25, -0.2) is 25.4 Å². The molecule has 2 aliphatic heterocycles. The molecule has 26 heteroatoms. The molecule has 9 N–H and O–H groups in total. The van der Waals surface area contributed by atoms with Crippen molar-refractivity contribution in [2.45, 2.75) is 97.8 Å². The van der Waals surface area contributed by atoms with Crippen molar-refractivity contribution in [2.24, 2.45) is 27.3 Å². The summed E-state index contributed by atoms with van der Waals surface area (Å²) in [5, 5.41) is 36.3. The van der Waals surface area contributed by atoms with Gasteiger partial charge in [0.1, 0.15) is 22.1 Å². The summed E-state index contributed by atoms with van der Waals surface area (Å²) < 4.78 is 47.3. The molecule has 0 amide bonds. The highest BCUT2D eigenvalue weighted by Gasteiger charge is 2.36. The highest BCUT2D eigenvalue weighted by molar-refractivity contribution is 14.1. The minimum absolute atomic E-state index is 0. The first kappa shape index (κ1) is 60.1. The molecule has 2 aliphatic carbocycles. The molecule has 2 aromatic carbocycles. The van der Waals surface area contributed by atoms with Crippen molar-refractivity contribution in [2.75, 3.05) is 77.7 Å². The quantitative estimate of drug-likeness (QED) is 0.0430. The summed E-state index contributed by atoms with van der Waals surface area (Å²) in [5.74, 6) is 4.03. The lowest BCUT2D eigenvalue weighted by atomic mass is 10.0. The Morgan fingerprint density at radius 1 is 0.600 bits per heavy atom. The number of piperazine rings is 2. The van der Waals surface area contributed by atoms with Gasteiger partial charge in [0.05, 0.1) is 35.5 Å². The Kier molecular flexibility index (Phi) is 19.7. The lowest BCUT2D eigenvalue weighted by molar-refractivity contribution is 0.383. The summed E-state index contributed by atoms with van der Waals surface area (Å²) in [7, 11) is -7.38. The molecule has 80 heavy (non-hydrogen) atoms. The third-order valence-electron chi connectivity index (χ3n) is 14.9. The minimum atomic E-state index is -3.71. The van der Waals surface area contributed by atoms with Gasteiger partial charge in [-0.3, -0.25) is 19.3 Å². The lowest BCUT2D eigenvalue weighted by Gasteiger charge is -2.33. The van der Waals surface area contributed by atoms with Crippen molar-refractivity contribution in [3.05, 3.63) is 96.6 Å². The first-order valence-electron chi connectivity index (χ1n) is 26.9. The molecule has 2 unspecified atom stereocenters. The zero-order valence-corrected chi connectivity index (χ0v) is 49.1. The van der Waals surface area contributed by atoms with Crippen molar-refractivity contribution < 1.29 is 16.8 Å². The van der Waals surface area contributed by atoms with Gasteiger partial charge in [0.25, 0.3) is 20.4 Å². The lowest BCUT2D eigenvalue weighted by Crippen LogP contribution is -2.51. The maximum Gasteiger partial charge on any atom is 0.277 e. The van der Waals surface area contributed by atoms with Crippen LogP contribution in [0, 0.1) is 11.8 Å². The van der Waals surface area contributed by atoms with Crippen LogP contribution in [0.3, 0.4) is 0 Å². The van der Waals surface area contributed by atoms with Crippen LogP contribution >= 0.6 is 22.6 Å². The highest BCUT2D eigenvalue weighted by atomic mass is 127. The molecule has 0 bridgehead atoms. The van der Waals surface area contributed by atoms with Crippen molar-refractivity contribution in [1.29, 1.82) is 0 Å². The number of hydrogen-bond donors (Lipinski definition) is 6. The number of nitrogens with two attached hydrogens (primary N) is 3. The van der Waals surface area contributed by atoms with E-state index in [2.05, 4.69) is 128 Å².